The zero-order chi connectivity index (χ0) is 13.7. The number of nitrogens with one attached hydrogen (secondary N) is 2. The van der Waals surface area contributed by atoms with Gasteiger partial charge in [0.2, 0.25) is 0 Å². The van der Waals surface area contributed by atoms with Gasteiger partial charge in [0.05, 0.1) is 6.61 Å². The Kier molecular flexibility index (Phi) is 4.66. The number of carbonyl (C=O) groups excluding carboxylic acids is 1. The number of carbonyl (C=O) groups is 1. The number of hydrogen-bond donors (Lipinski definition) is 2. The molecule has 0 aromatic heterocycles. The monoisotopic (exact) mass is 262 g/mol. The van der Waals surface area contributed by atoms with Crippen LogP contribution >= 0.6 is 0 Å². The molecule has 2 unspecified atom stereocenters. The van der Waals surface area contributed by atoms with Gasteiger partial charge in [-0.25, -0.2) is 4.79 Å². The van der Waals surface area contributed by atoms with Gasteiger partial charge in [-0.2, -0.15) is 0 Å². The Morgan fingerprint density at radius 3 is 2.53 bits per heavy atom. The number of ether oxygens (including phenoxy) is 1. The van der Waals surface area contributed by atoms with Crippen LogP contribution in [0.1, 0.15) is 33.1 Å². The van der Waals surface area contributed by atoms with Gasteiger partial charge in [0, 0.05) is 17.4 Å². The van der Waals surface area contributed by atoms with E-state index >= 15 is 0 Å². The third-order valence-electron chi connectivity index (χ3n) is 3.47. The van der Waals surface area contributed by atoms with Crippen LogP contribution in [0.4, 0.5) is 16.2 Å². The molecule has 0 heterocycles. The van der Waals surface area contributed by atoms with Crippen LogP contribution < -0.4 is 10.6 Å². The molecule has 2 rings (SSSR count). The van der Waals surface area contributed by atoms with E-state index in [4.69, 9.17) is 4.74 Å². The van der Waals surface area contributed by atoms with Crippen LogP contribution in [0.3, 0.4) is 0 Å². The smallest absolute Gasteiger partial charge is 0.411 e. The molecule has 1 fully saturated rings. The van der Waals surface area contributed by atoms with E-state index in [0.717, 1.165) is 17.3 Å². The van der Waals surface area contributed by atoms with Crippen LogP contribution in [0.25, 0.3) is 0 Å². The summed E-state index contributed by atoms with van der Waals surface area (Å²) in [5.74, 6) is 0.822. The minimum absolute atomic E-state index is 0.380. The highest BCUT2D eigenvalue weighted by molar-refractivity contribution is 5.84. The summed E-state index contributed by atoms with van der Waals surface area (Å²) in [5.41, 5.74) is 1.86. The van der Waals surface area contributed by atoms with Crippen LogP contribution in [0.5, 0.6) is 0 Å². The van der Waals surface area contributed by atoms with Crippen molar-refractivity contribution in [1.82, 2.24) is 0 Å². The van der Waals surface area contributed by atoms with Gasteiger partial charge in [0.15, 0.2) is 0 Å². The summed E-state index contributed by atoms with van der Waals surface area (Å²) >= 11 is 0. The predicted molar refractivity (Wildman–Crippen MR) is 77.5 cm³/mol. The molecule has 0 bridgehead atoms. The number of hydrogen-bond acceptors (Lipinski definition) is 3. The molecule has 4 nitrogen and oxygen atoms in total. The van der Waals surface area contributed by atoms with Gasteiger partial charge in [-0.3, -0.25) is 5.32 Å². The Balaban J connectivity index is 1.86. The lowest BCUT2D eigenvalue weighted by Gasteiger charge is -2.14. The molecule has 1 aromatic rings. The highest BCUT2D eigenvalue weighted by Gasteiger charge is 2.20. The molecule has 1 saturated carbocycles. The summed E-state index contributed by atoms with van der Waals surface area (Å²) < 4.78 is 4.83. The fourth-order valence-electron chi connectivity index (χ4n) is 2.51. The van der Waals surface area contributed by atoms with Crippen LogP contribution in [-0.4, -0.2) is 18.7 Å². The van der Waals surface area contributed by atoms with Gasteiger partial charge in [0.25, 0.3) is 0 Å². The number of anilines is 2. The fourth-order valence-corrected chi connectivity index (χ4v) is 2.51. The van der Waals surface area contributed by atoms with E-state index in [9.17, 15) is 4.79 Å². The van der Waals surface area contributed by atoms with E-state index in [2.05, 4.69) is 17.6 Å². The number of benzene rings is 1. The molecule has 1 aliphatic carbocycles. The van der Waals surface area contributed by atoms with Crippen molar-refractivity contribution < 1.29 is 9.53 Å². The lowest BCUT2D eigenvalue weighted by molar-refractivity contribution is 0.168. The summed E-state index contributed by atoms with van der Waals surface area (Å²) in [6.45, 7) is 4.47. The third kappa shape index (κ3) is 4.16. The minimum Gasteiger partial charge on any atom is -0.450 e. The molecule has 0 radical (unpaired) electrons. The molecule has 0 spiro atoms. The van der Waals surface area contributed by atoms with Gasteiger partial charge in [-0.05, 0) is 56.4 Å². The molecule has 1 aliphatic rings. The Morgan fingerprint density at radius 2 is 1.95 bits per heavy atom. The van der Waals surface area contributed by atoms with Crippen molar-refractivity contribution in [3.8, 4) is 0 Å². The van der Waals surface area contributed by atoms with Crippen molar-refractivity contribution in [3.05, 3.63) is 24.3 Å². The molecule has 104 valence electrons. The van der Waals surface area contributed by atoms with Gasteiger partial charge in [-0.15, -0.1) is 0 Å². The highest BCUT2D eigenvalue weighted by atomic mass is 16.5. The van der Waals surface area contributed by atoms with Crippen molar-refractivity contribution in [2.24, 2.45) is 5.92 Å². The summed E-state index contributed by atoms with van der Waals surface area (Å²) in [6, 6.07) is 8.34. The molecule has 19 heavy (non-hydrogen) atoms. The summed E-state index contributed by atoms with van der Waals surface area (Å²) in [4.78, 5) is 11.3. The standard InChI is InChI=1S/C15H22N2O2/c1-3-19-15(18)17-13-8-6-12(7-9-13)16-14-5-4-11(2)10-14/h6-9,11,14,16H,3-5,10H2,1-2H3,(H,17,18). The normalized spacial score (nSPS) is 22.0. The SMILES string of the molecule is CCOC(=O)Nc1ccc(NC2CCC(C)C2)cc1. The Morgan fingerprint density at radius 1 is 1.26 bits per heavy atom. The van der Waals surface area contributed by atoms with Crippen LogP contribution in [0.2, 0.25) is 0 Å². The summed E-state index contributed by atoms with van der Waals surface area (Å²) in [7, 11) is 0. The van der Waals surface area contributed by atoms with Gasteiger partial charge in [0.1, 0.15) is 0 Å². The molecule has 0 aliphatic heterocycles. The second-order valence-corrected chi connectivity index (χ2v) is 5.18. The Bertz CT molecular complexity index is 417. The molecular formula is C15H22N2O2. The lowest BCUT2D eigenvalue weighted by atomic mass is 10.1. The van der Waals surface area contributed by atoms with Crippen LogP contribution in [0, 0.1) is 5.92 Å². The highest BCUT2D eigenvalue weighted by Crippen LogP contribution is 2.27. The van der Waals surface area contributed by atoms with Crippen LogP contribution in [-0.2, 0) is 4.74 Å². The quantitative estimate of drug-likeness (QED) is 0.866. The predicted octanol–water partition coefficient (Wildman–Crippen LogP) is 3.86. The van der Waals surface area contributed by atoms with Crippen molar-refractivity contribution in [3.63, 3.8) is 0 Å². The summed E-state index contributed by atoms with van der Waals surface area (Å²) in [6.07, 6.45) is 3.38. The second-order valence-electron chi connectivity index (χ2n) is 5.18. The molecule has 0 saturated heterocycles. The maximum absolute atomic E-state index is 11.3. The zero-order valence-corrected chi connectivity index (χ0v) is 11.6. The van der Waals surface area contributed by atoms with Crippen molar-refractivity contribution in [2.45, 2.75) is 39.2 Å². The van der Waals surface area contributed by atoms with Gasteiger partial charge < -0.3 is 10.1 Å². The van der Waals surface area contributed by atoms with Crippen molar-refractivity contribution in [2.75, 3.05) is 17.2 Å². The first kappa shape index (κ1) is 13.7. The average Bonchev–Trinajstić information content (AvgIpc) is 2.78. The first-order valence-electron chi connectivity index (χ1n) is 6.97. The number of amides is 1. The Labute approximate surface area is 114 Å². The Hall–Kier alpha value is -1.71. The van der Waals surface area contributed by atoms with E-state index in [0.29, 0.717) is 12.6 Å². The fraction of sp³-hybridized carbons (Fsp3) is 0.533. The first-order valence-corrected chi connectivity index (χ1v) is 6.97. The van der Waals surface area contributed by atoms with E-state index in [1.165, 1.54) is 19.3 Å². The molecule has 1 aromatic carbocycles. The van der Waals surface area contributed by atoms with Gasteiger partial charge >= 0.3 is 6.09 Å². The molecule has 2 atom stereocenters. The van der Waals surface area contributed by atoms with E-state index < -0.39 is 6.09 Å². The third-order valence-corrected chi connectivity index (χ3v) is 3.47. The van der Waals surface area contributed by atoms with Crippen LogP contribution in [0.15, 0.2) is 24.3 Å². The topological polar surface area (TPSA) is 50.4 Å². The van der Waals surface area contributed by atoms with E-state index in [1.807, 2.05) is 24.3 Å². The number of rotatable bonds is 4. The van der Waals surface area contributed by atoms with Crippen molar-refractivity contribution >= 4 is 17.5 Å². The second kappa shape index (κ2) is 6.45. The molecular weight excluding hydrogens is 240 g/mol. The van der Waals surface area contributed by atoms with Crippen molar-refractivity contribution in [1.29, 1.82) is 0 Å². The minimum atomic E-state index is -0.409. The average molecular weight is 262 g/mol. The lowest BCUT2D eigenvalue weighted by Crippen LogP contribution is -2.15. The molecule has 1 amide bonds. The van der Waals surface area contributed by atoms with E-state index in [1.54, 1.807) is 6.92 Å². The summed E-state index contributed by atoms with van der Waals surface area (Å²) in [5, 5.41) is 6.21. The first-order chi connectivity index (χ1) is 9.17. The maximum atomic E-state index is 11.3. The van der Waals surface area contributed by atoms with Gasteiger partial charge in [-0.1, -0.05) is 6.92 Å². The molecule has 4 heteroatoms. The zero-order valence-electron chi connectivity index (χ0n) is 11.6. The largest absolute Gasteiger partial charge is 0.450 e. The maximum Gasteiger partial charge on any atom is 0.411 e. The molecule has 2 N–H and O–H groups in total. The van der Waals surface area contributed by atoms with E-state index in [-0.39, 0.29) is 0 Å².